The standard InChI is InChI=1S/C14H17BrN2O3/c1-2-14(5-6-14)8-16-13(20)17-9-3-4-11(15)10(7-9)12(18)19/h3-4,7H,2,5-6,8H2,1H3,(H,18,19)(H2,16,17,20). The number of benzene rings is 1. The Balaban J connectivity index is 1.94. The van der Waals surface area contributed by atoms with E-state index < -0.39 is 5.97 Å². The number of carboxylic acids is 1. The predicted molar refractivity (Wildman–Crippen MR) is 80.1 cm³/mol. The minimum atomic E-state index is -1.04. The Morgan fingerprint density at radius 1 is 1.40 bits per heavy atom. The van der Waals surface area contributed by atoms with Crippen LogP contribution in [0.1, 0.15) is 36.5 Å². The Morgan fingerprint density at radius 3 is 2.65 bits per heavy atom. The lowest BCUT2D eigenvalue weighted by Gasteiger charge is -2.14. The van der Waals surface area contributed by atoms with Crippen molar-refractivity contribution in [1.29, 1.82) is 0 Å². The zero-order valence-corrected chi connectivity index (χ0v) is 12.8. The van der Waals surface area contributed by atoms with Gasteiger partial charge in [0.2, 0.25) is 0 Å². The molecule has 1 aromatic rings. The Kier molecular flexibility index (Phi) is 4.32. The maximum absolute atomic E-state index is 11.8. The third-order valence-corrected chi connectivity index (χ3v) is 4.48. The van der Waals surface area contributed by atoms with Crippen LogP contribution in [0, 0.1) is 5.41 Å². The zero-order chi connectivity index (χ0) is 14.8. The summed E-state index contributed by atoms with van der Waals surface area (Å²) < 4.78 is 0.485. The van der Waals surface area contributed by atoms with Crippen LogP contribution in [0.4, 0.5) is 10.5 Å². The van der Waals surface area contributed by atoms with E-state index in [2.05, 4.69) is 33.5 Å². The van der Waals surface area contributed by atoms with Crippen LogP contribution in [-0.2, 0) is 0 Å². The number of aromatic carboxylic acids is 1. The lowest BCUT2D eigenvalue weighted by atomic mass is 10.0. The van der Waals surface area contributed by atoms with E-state index in [1.54, 1.807) is 12.1 Å². The normalized spacial score (nSPS) is 15.5. The van der Waals surface area contributed by atoms with Gasteiger partial charge in [-0.1, -0.05) is 6.92 Å². The van der Waals surface area contributed by atoms with Gasteiger partial charge in [-0.25, -0.2) is 9.59 Å². The van der Waals surface area contributed by atoms with Gasteiger partial charge in [0, 0.05) is 16.7 Å². The van der Waals surface area contributed by atoms with Crippen molar-refractivity contribution in [3.05, 3.63) is 28.2 Å². The third kappa shape index (κ3) is 3.50. The lowest BCUT2D eigenvalue weighted by Crippen LogP contribution is -2.33. The molecule has 2 amide bonds. The van der Waals surface area contributed by atoms with E-state index >= 15 is 0 Å². The molecule has 0 saturated heterocycles. The second-order valence-electron chi connectivity index (χ2n) is 5.16. The molecule has 1 fully saturated rings. The molecule has 108 valence electrons. The molecule has 20 heavy (non-hydrogen) atoms. The van der Waals surface area contributed by atoms with Gasteiger partial charge in [-0.15, -0.1) is 0 Å². The fourth-order valence-electron chi connectivity index (χ4n) is 2.04. The van der Waals surface area contributed by atoms with E-state index in [0.29, 0.717) is 16.7 Å². The summed E-state index contributed by atoms with van der Waals surface area (Å²) >= 11 is 3.16. The number of amides is 2. The smallest absolute Gasteiger partial charge is 0.336 e. The first kappa shape index (κ1) is 14.8. The van der Waals surface area contributed by atoms with E-state index in [1.807, 2.05) is 0 Å². The molecule has 6 heteroatoms. The van der Waals surface area contributed by atoms with Crippen molar-refractivity contribution < 1.29 is 14.7 Å². The van der Waals surface area contributed by atoms with Crippen LogP contribution in [0.3, 0.4) is 0 Å². The number of rotatable bonds is 5. The Bertz CT molecular complexity index is 541. The highest BCUT2D eigenvalue weighted by Crippen LogP contribution is 2.47. The van der Waals surface area contributed by atoms with Crippen LogP contribution < -0.4 is 10.6 Å². The largest absolute Gasteiger partial charge is 0.478 e. The first-order valence-electron chi connectivity index (χ1n) is 6.53. The van der Waals surface area contributed by atoms with E-state index in [1.165, 1.54) is 6.07 Å². The first-order chi connectivity index (χ1) is 9.46. The molecule has 0 bridgehead atoms. The summed E-state index contributed by atoms with van der Waals surface area (Å²) in [5.74, 6) is -1.04. The molecule has 1 saturated carbocycles. The molecule has 1 aliphatic rings. The van der Waals surface area contributed by atoms with Crippen molar-refractivity contribution in [2.24, 2.45) is 5.41 Å². The number of halogens is 1. The summed E-state index contributed by atoms with van der Waals surface area (Å²) in [4.78, 5) is 22.8. The first-order valence-corrected chi connectivity index (χ1v) is 7.33. The molecule has 0 aromatic heterocycles. The van der Waals surface area contributed by atoms with Crippen LogP contribution in [0.2, 0.25) is 0 Å². The predicted octanol–water partition coefficient (Wildman–Crippen LogP) is 3.46. The lowest BCUT2D eigenvalue weighted by molar-refractivity contribution is 0.0696. The van der Waals surface area contributed by atoms with Gasteiger partial charge in [0.25, 0.3) is 0 Å². The number of hydrogen-bond donors (Lipinski definition) is 3. The molecule has 2 rings (SSSR count). The maximum Gasteiger partial charge on any atom is 0.336 e. The Hall–Kier alpha value is -1.56. The number of carbonyl (C=O) groups is 2. The highest BCUT2D eigenvalue weighted by atomic mass is 79.9. The number of hydrogen-bond acceptors (Lipinski definition) is 2. The Morgan fingerprint density at radius 2 is 2.10 bits per heavy atom. The number of anilines is 1. The van der Waals surface area contributed by atoms with Crippen molar-refractivity contribution in [3.63, 3.8) is 0 Å². The number of nitrogens with one attached hydrogen (secondary N) is 2. The quantitative estimate of drug-likeness (QED) is 0.767. The molecular weight excluding hydrogens is 324 g/mol. The molecule has 0 heterocycles. The van der Waals surface area contributed by atoms with Gasteiger partial charge in [0.1, 0.15) is 0 Å². The van der Waals surface area contributed by atoms with Gasteiger partial charge in [-0.3, -0.25) is 0 Å². The highest BCUT2D eigenvalue weighted by molar-refractivity contribution is 9.10. The van der Waals surface area contributed by atoms with Crippen molar-refractivity contribution in [3.8, 4) is 0 Å². The molecule has 1 aromatic carbocycles. The Labute approximate surface area is 125 Å². The average molecular weight is 341 g/mol. The summed E-state index contributed by atoms with van der Waals surface area (Å²) in [6.45, 7) is 2.79. The monoisotopic (exact) mass is 340 g/mol. The van der Waals surface area contributed by atoms with Gasteiger partial charge < -0.3 is 15.7 Å². The molecule has 0 atom stereocenters. The fourth-order valence-corrected chi connectivity index (χ4v) is 2.46. The summed E-state index contributed by atoms with van der Waals surface area (Å²) in [7, 11) is 0. The minimum absolute atomic E-state index is 0.120. The molecular formula is C14H17BrN2O3. The maximum atomic E-state index is 11.8. The van der Waals surface area contributed by atoms with Gasteiger partial charge in [0.05, 0.1) is 5.56 Å². The number of carbonyl (C=O) groups excluding carboxylic acids is 1. The van der Waals surface area contributed by atoms with Crippen LogP contribution in [0.5, 0.6) is 0 Å². The van der Waals surface area contributed by atoms with E-state index in [4.69, 9.17) is 5.11 Å². The van der Waals surface area contributed by atoms with Crippen LogP contribution in [0.25, 0.3) is 0 Å². The van der Waals surface area contributed by atoms with Crippen LogP contribution in [-0.4, -0.2) is 23.7 Å². The molecule has 0 unspecified atom stereocenters. The summed E-state index contributed by atoms with van der Waals surface area (Å²) in [5, 5.41) is 14.5. The van der Waals surface area contributed by atoms with Gasteiger partial charge >= 0.3 is 12.0 Å². The number of carboxylic acid groups (broad SMARTS) is 1. The summed E-state index contributed by atoms with van der Waals surface area (Å²) in [6, 6.07) is 4.39. The highest BCUT2D eigenvalue weighted by Gasteiger charge is 2.40. The third-order valence-electron chi connectivity index (χ3n) is 3.79. The SMILES string of the molecule is CCC1(CNC(=O)Nc2ccc(Br)c(C(=O)O)c2)CC1. The van der Waals surface area contributed by atoms with E-state index in [0.717, 1.165) is 19.3 Å². The summed E-state index contributed by atoms with van der Waals surface area (Å²) in [5.41, 5.74) is 0.864. The second kappa shape index (κ2) is 5.83. The zero-order valence-electron chi connectivity index (χ0n) is 11.2. The van der Waals surface area contributed by atoms with Crippen molar-refractivity contribution in [2.45, 2.75) is 26.2 Å². The van der Waals surface area contributed by atoms with Crippen LogP contribution >= 0.6 is 15.9 Å². The molecule has 5 nitrogen and oxygen atoms in total. The van der Waals surface area contributed by atoms with Gasteiger partial charge in [0.15, 0.2) is 0 Å². The minimum Gasteiger partial charge on any atom is -0.478 e. The van der Waals surface area contributed by atoms with Crippen molar-refractivity contribution in [2.75, 3.05) is 11.9 Å². The molecule has 0 aliphatic heterocycles. The summed E-state index contributed by atoms with van der Waals surface area (Å²) in [6.07, 6.45) is 3.38. The number of urea groups is 1. The van der Waals surface area contributed by atoms with Crippen molar-refractivity contribution >= 4 is 33.6 Å². The molecule has 0 spiro atoms. The van der Waals surface area contributed by atoms with E-state index in [-0.39, 0.29) is 17.0 Å². The van der Waals surface area contributed by atoms with E-state index in [9.17, 15) is 9.59 Å². The molecule has 0 radical (unpaired) electrons. The van der Waals surface area contributed by atoms with Crippen molar-refractivity contribution in [1.82, 2.24) is 5.32 Å². The van der Waals surface area contributed by atoms with Gasteiger partial charge in [-0.05, 0) is 58.8 Å². The second-order valence-corrected chi connectivity index (χ2v) is 6.02. The average Bonchev–Trinajstić information content (AvgIpc) is 3.19. The van der Waals surface area contributed by atoms with Gasteiger partial charge in [-0.2, -0.15) is 0 Å². The van der Waals surface area contributed by atoms with Crippen LogP contribution in [0.15, 0.2) is 22.7 Å². The fraction of sp³-hybridized carbons (Fsp3) is 0.429. The topological polar surface area (TPSA) is 78.4 Å². The molecule has 1 aliphatic carbocycles. The molecule has 3 N–H and O–H groups in total.